The highest BCUT2D eigenvalue weighted by Gasteiger charge is 2.15. The number of hydrogen-bond donors (Lipinski definition) is 0. The fourth-order valence-electron chi connectivity index (χ4n) is 1.64. The molecule has 0 saturated heterocycles. The zero-order chi connectivity index (χ0) is 11.1. The third-order valence-corrected chi connectivity index (χ3v) is 2.32. The van der Waals surface area contributed by atoms with Crippen LogP contribution in [0.3, 0.4) is 0 Å². The fourth-order valence-corrected chi connectivity index (χ4v) is 1.64. The predicted molar refractivity (Wildman–Crippen MR) is 60.9 cm³/mol. The molecule has 0 aliphatic heterocycles. The van der Waals surface area contributed by atoms with Gasteiger partial charge in [0, 0.05) is 12.6 Å². The van der Waals surface area contributed by atoms with Gasteiger partial charge in [-0.3, -0.25) is 4.40 Å². The van der Waals surface area contributed by atoms with Crippen LogP contribution in [-0.4, -0.2) is 14.6 Å². The van der Waals surface area contributed by atoms with Gasteiger partial charge in [0.2, 0.25) is 0 Å². The van der Waals surface area contributed by atoms with Gasteiger partial charge in [0.25, 0.3) is 0 Å². The lowest BCUT2D eigenvalue weighted by Gasteiger charge is -2.16. The van der Waals surface area contributed by atoms with Gasteiger partial charge in [0.15, 0.2) is 5.65 Å². The van der Waals surface area contributed by atoms with Gasteiger partial charge in [-0.2, -0.15) is 0 Å². The third kappa shape index (κ3) is 2.17. The first-order valence-electron chi connectivity index (χ1n) is 5.26. The molecule has 0 aromatic carbocycles. The second-order valence-corrected chi connectivity index (χ2v) is 5.29. The average molecular weight is 203 g/mol. The van der Waals surface area contributed by atoms with E-state index in [1.54, 1.807) is 0 Å². The molecule has 0 atom stereocenters. The van der Waals surface area contributed by atoms with E-state index < -0.39 is 0 Å². The molecule has 0 aliphatic rings. The van der Waals surface area contributed by atoms with Crippen LogP contribution < -0.4 is 0 Å². The number of aromatic nitrogens is 3. The molecule has 3 nitrogen and oxygen atoms in total. The van der Waals surface area contributed by atoms with Crippen LogP contribution in [0.25, 0.3) is 5.65 Å². The second kappa shape index (κ2) is 3.33. The zero-order valence-electron chi connectivity index (χ0n) is 9.78. The summed E-state index contributed by atoms with van der Waals surface area (Å²) in [4.78, 5) is 0. The Hall–Kier alpha value is -1.38. The van der Waals surface area contributed by atoms with E-state index in [9.17, 15) is 0 Å². The van der Waals surface area contributed by atoms with Crippen LogP contribution in [0.2, 0.25) is 0 Å². The summed E-state index contributed by atoms with van der Waals surface area (Å²) in [5.74, 6) is 1.04. The maximum Gasteiger partial charge on any atom is 0.161 e. The lowest BCUT2D eigenvalue weighted by molar-refractivity contribution is 0.399. The number of rotatable bonds is 1. The first-order chi connectivity index (χ1) is 6.96. The summed E-state index contributed by atoms with van der Waals surface area (Å²) in [5, 5.41) is 8.41. The van der Waals surface area contributed by atoms with Gasteiger partial charge >= 0.3 is 0 Å². The molecule has 0 unspecified atom stereocenters. The summed E-state index contributed by atoms with van der Waals surface area (Å²) in [6.45, 7) is 8.70. The Morgan fingerprint density at radius 3 is 2.67 bits per heavy atom. The molecule has 15 heavy (non-hydrogen) atoms. The number of nitrogens with zero attached hydrogens (tertiary/aromatic N) is 3. The van der Waals surface area contributed by atoms with Gasteiger partial charge in [-0.25, -0.2) is 0 Å². The molecule has 2 rings (SSSR count). The molecule has 0 N–H and O–H groups in total. The van der Waals surface area contributed by atoms with E-state index in [4.69, 9.17) is 0 Å². The van der Waals surface area contributed by atoms with Gasteiger partial charge in [0.1, 0.15) is 5.82 Å². The molecule has 2 heterocycles. The van der Waals surface area contributed by atoms with Crippen molar-refractivity contribution in [1.29, 1.82) is 0 Å². The molecule has 2 aromatic heterocycles. The molecule has 0 amide bonds. The van der Waals surface area contributed by atoms with Gasteiger partial charge in [-0.05, 0) is 30.0 Å². The first kappa shape index (κ1) is 10.1. The Morgan fingerprint density at radius 2 is 2.00 bits per heavy atom. The van der Waals surface area contributed by atoms with Crippen LogP contribution in [0.15, 0.2) is 18.3 Å². The minimum Gasteiger partial charge on any atom is -0.286 e. The van der Waals surface area contributed by atoms with Crippen molar-refractivity contribution >= 4 is 5.65 Å². The van der Waals surface area contributed by atoms with Crippen molar-refractivity contribution in [3.63, 3.8) is 0 Å². The van der Waals surface area contributed by atoms with Crippen molar-refractivity contribution in [2.24, 2.45) is 5.41 Å². The number of pyridine rings is 1. The van der Waals surface area contributed by atoms with Crippen molar-refractivity contribution in [1.82, 2.24) is 14.6 Å². The van der Waals surface area contributed by atoms with Gasteiger partial charge in [-0.15, -0.1) is 10.2 Å². The maximum absolute atomic E-state index is 4.23. The maximum atomic E-state index is 4.23. The lowest BCUT2D eigenvalue weighted by atomic mass is 9.92. The van der Waals surface area contributed by atoms with Crippen LogP contribution in [0.4, 0.5) is 0 Å². The summed E-state index contributed by atoms with van der Waals surface area (Å²) < 4.78 is 2.07. The van der Waals surface area contributed by atoms with Crippen LogP contribution in [0, 0.1) is 12.3 Å². The van der Waals surface area contributed by atoms with Gasteiger partial charge < -0.3 is 0 Å². The molecule has 0 radical (unpaired) electrons. The minimum absolute atomic E-state index is 0.244. The standard InChI is InChI=1S/C12H17N3/c1-9-5-6-15-10(7-9)13-14-11(15)8-12(2,3)4/h5-7H,8H2,1-4H3. The Kier molecular flexibility index (Phi) is 2.25. The van der Waals surface area contributed by atoms with Crippen LogP contribution in [0.5, 0.6) is 0 Å². The van der Waals surface area contributed by atoms with Crippen molar-refractivity contribution < 1.29 is 0 Å². The first-order valence-corrected chi connectivity index (χ1v) is 5.26. The number of aryl methyl sites for hydroxylation is 1. The van der Waals surface area contributed by atoms with Crippen molar-refractivity contribution in [2.45, 2.75) is 34.1 Å². The average Bonchev–Trinajstić information content (AvgIpc) is 2.45. The molecule has 0 aliphatic carbocycles. The topological polar surface area (TPSA) is 30.2 Å². The molecule has 0 spiro atoms. The predicted octanol–water partition coefficient (Wildman–Crippen LogP) is 2.63. The minimum atomic E-state index is 0.244. The van der Waals surface area contributed by atoms with E-state index in [-0.39, 0.29) is 5.41 Å². The summed E-state index contributed by atoms with van der Waals surface area (Å²) >= 11 is 0. The van der Waals surface area contributed by atoms with E-state index in [2.05, 4.69) is 54.4 Å². The highest BCUT2D eigenvalue weighted by Crippen LogP contribution is 2.19. The summed E-state index contributed by atoms with van der Waals surface area (Å²) in [7, 11) is 0. The molecule has 0 fully saturated rings. The fraction of sp³-hybridized carbons (Fsp3) is 0.500. The molecular weight excluding hydrogens is 186 g/mol. The number of hydrogen-bond acceptors (Lipinski definition) is 2. The lowest BCUT2D eigenvalue weighted by Crippen LogP contribution is -2.11. The smallest absolute Gasteiger partial charge is 0.161 e. The van der Waals surface area contributed by atoms with Crippen LogP contribution in [0.1, 0.15) is 32.2 Å². The van der Waals surface area contributed by atoms with Gasteiger partial charge in [-0.1, -0.05) is 20.8 Å². The molecule has 80 valence electrons. The Balaban J connectivity index is 2.45. The van der Waals surface area contributed by atoms with E-state index in [0.717, 1.165) is 17.9 Å². The van der Waals surface area contributed by atoms with Crippen molar-refractivity contribution in [2.75, 3.05) is 0 Å². The van der Waals surface area contributed by atoms with E-state index in [0.29, 0.717) is 0 Å². The molecule has 0 bridgehead atoms. The van der Waals surface area contributed by atoms with E-state index in [1.807, 2.05) is 6.20 Å². The van der Waals surface area contributed by atoms with Crippen molar-refractivity contribution in [3.05, 3.63) is 29.7 Å². The summed E-state index contributed by atoms with van der Waals surface area (Å²) in [6, 6.07) is 4.14. The molecule has 2 aromatic rings. The normalized spacial score (nSPS) is 12.3. The zero-order valence-corrected chi connectivity index (χ0v) is 9.78. The Morgan fingerprint density at radius 1 is 1.27 bits per heavy atom. The largest absolute Gasteiger partial charge is 0.286 e. The molecular formula is C12H17N3. The number of fused-ring (bicyclic) bond motifs is 1. The molecule has 3 heteroatoms. The van der Waals surface area contributed by atoms with Crippen molar-refractivity contribution in [3.8, 4) is 0 Å². The monoisotopic (exact) mass is 203 g/mol. The SMILES string of the molecule is Cc1ccn2c(CC(C)(C)C)nnc2c1. The summed E-state index contributed by atoms with van der Waals surface area (Å²) in [6.07, 6.45) is 2.99. The summed E-state index contributed by atoms with van der Waals surface area (Å²) in [5.41, 5.74) is 2.40. The third-order valence-electron chi connectivity index (χ3n) is 2.32. The van der Waals surface area contributed by atoms with Gasteiger partial charge in [0.05, 0.1) is 0 Å². The van der Waals surface area contributed by atoms with Crippen LogP contribution in [-0.2, 0) is 6.42 Å². The quantitative estimate of drug-likeness (QED) is 0.713. The van der Waals surface area contributed by atoms with Crippen LogP contribution >= 0.6 is 0 Å². The van der Waals surface area contributed by atoms with E-state index >= 15 is 0 Å². The highest BCUT2D eigenvalue weighted by molar-refractivity contribution is 5.40. The highest BCUT2D eigenvalue weighted by atomic mass is 15.2. The Bertz CT molecular complexity index is 477. The van der Waals surface area contributed by atoms with E-state index in [1.165, 1.54) is 5.56 Å². The Labute approximate surface area is 90.1 Å². The molecule has 0 saturated carbocycles. The second-order valence-electron chi connectivity index (χ2n) is 5.29.